The first-order chi connectivity index (χ1) is 17.1. The Bertz CT molecular complexity index is 1210. The molecule has 192 valence electrons. The second-order valence-electron chi connectivity index (χ2n) is 8.60. The number of fused-ring (bicyclic) bond motifs is 1. The average Bonchev–Trinajstić information content (AvgIpc) is 3.36. The van der Waals surface area contributed by atoms with Crippen molar-refractivity contribution in [2.75, 3.05) is 18.4 Å². The lowest BCUT2D eigenvalue weighted by Gasteiger charge is -2.18. The van der Waals surface area contributed by atoms with E-state index in [9.17, 15) is 18.0 Å². The summed E-state index contributed by atoms with van der Waals surface area (Å²) in [7, 11) is 0. The van der Waals surface area contributed by atoms with Gasteiger partial charge in [0.25, 0.3) is 5.91 Å². The molecule has 3 aromatic rings. The van der Waals surface area contributed by atoms with E-state index in [1.807, 2.05) is 44.2 Å². The summed E-state index contributed by atoms with van der Waals surface area (Å²) >= 11 is 0. The van der Waals surface area contributed by atoms with Gasteiger partial charge in [-0.05, 0) is 61.2 Å². The highest BCUT2D eigenvalue weighted by atomic mass is 19.4. The third-order valence-corrected chi connectivity index (χ3v) is 5.88. The monoisotopic (exact) mass is 502 g/mol. The lowest BCUT2D eigenvalue weighted by atomic mass is 9.99. The Labute approximate surface area is 207 Å². The highest BCUT2D eigenvalue weighted by Gasteiger charge is 2.38. The fraction of sp³-hybridized carbons (Fsp3) is 0.346. The summed E-state index contributed by atoms with van der Waals surface area (Å²) in [4.78, 5) is 26.5. The van der Waals surface area contributed by atoms with Crippen LogP contribution in [0.4, 0.5) is 19.0 Å². The first kappa shape index (κ1) is 26.9. The molecular formula is C26H29F3N4O3. The summed E-state index contributed by atoms with van der Waals surface area (Å²) in [6, 6.07) is 18.7. The van der Waals surface area contributed by atoms with Crippen molar-refractivity contribution in [2.24, 2.45) is 0 Å². The molecule has 0 radical (unpaired) electrons. The number of benzene rings is 2. The lowest BCUT2D eigenvalue weighted by Crippen LogP contribution is -2.30. The quantitative estimate of drug-likeness (QED) is 0.385. The molecule has 4 N–H and O–H groups in total. The largest absolute Gasteiger partial charge is 0.490 e. The van der Waals surface area contributed by atoms with Gasteiger partial charge in [0.2, 0.25) is 0 Å². The van der Waals surface area contributed by atoms with E-state index >= 15 is 0 Å². The van der Waals surface area contributed by atoms with E-state index < -0.39 is 12.1 Å². The number of alkyl halides is 3. The summed E-state index contributed by atoms with van der Waals surface area (Å²) in [5.41, 5.74) is 2.45. The maximum Gasteiger partial charge on any atom is 0.490 e. The zero-order valence-corrected chi connectivity index (χ0v) is 20.0. The number of aryl methyl sites for hydroxylation is 1. The van der Waals surface area contributed by atoms with Gasteiger partial charge in [0, 0.05) is 12.6 Å². The number of hydrogen-bond acceptors (Lipinski definition) is 5. The van der Waals surface area contributed by atoms with E-state index in [1.165, 1.54) is 18.2 Å². The molecule has 0 unspecified atom stereocenters. The highest BCUT2D eigenvalue weighted by Crippen LogP contribution is 2.24. The van der Waals surface area contributed by atoms with Gasteiger partial charge < -0.3 is 21.1 Å². The number of carbonyl (C=O) groups is 2. The molecule has 7 nitrogen and oxygen atoms in total. The zero-order chi connectivity index (χ0) is 26.3. The molecule has 10 heteroatoms. The van der Waals surface area contributed by atoms with Crippen molar-refractivity contribution in [3.05, 3.63) is 71.4 Å². The standard InChI is InChI=1S/C24H28N4O.C2HF3O2/c1-16-12-13-22(26-15-19-9-6-14-25-19)28-23(16)24(29)27-17(2)20-11-5-8-18-7-3-4-10-21(18)20;3-2(4,5)1(6)7/h3-5,7-8,10-13,17,19,25H,6,9,14-15H2,1-2H3,(H,26,28)(H,27,29);(H,6,7)/t17-,19-;/m1./s1. The summed E-state index contributed by atoms with van der Waals surface area (Å²) in [5.74, 6) is -2.16. The van der Waals surface area contributed by atoms with Gasteiger partial charge in [-0.3, -0.25) is 4.79 Å². The topological polar surface area (TPSA) is 103 Å². The number of nitrogens with one attached hydrogen (secondary N) is 3. The van der Waals surface area contributed by atoms with Gasteiger partial charge in [0.15, 0.2) is 0 Å². The normalized spacial score (nSPS) is 16.1. The number of nitrogens with zero attached hydrogens (tertiary/aromatic N) is 1. The molecule has 0 spiro atoms. The molecule has 2 heterocycles. The minimum absolute atomic E-state index is 0.117. The predicted molar refractivity (Wildman–Crippen MR) is 132 cm³/mol. The van der Waals surface area contributed by atoms with E-state index in [1.54, 1.807) is 0 Å². The number of carboxylic acids is 1. The van der Waals surface area contributed by atoms with Crippen LogP contribution in [0.5, 0.6) is 0 Å². The smallest absolute Gasteiger partial charge is 0.475 e. The Morgan fingerprint density at radius 3 is 2.50 bits per heavy atom. The van der Waals surface area contributed by atoms with Crippen molar-refractivity contribution in [3.63, 3.8) is 0 Å². The van der Waals surface area contributed by atoms with Gasteiger partial charge in [-0.15, -0.1) is 0 Å². The molecule has 0 bridgehead atoms. The molecule has 0 saturated carbocycles. The SMILES string of the molecule is Cc1ccc(NC[C@H]2CCCN2)nc1C(=O)N[C@H](C)c1cccc2ccccc12.O=C(O)C(F)(F)F. The maximum absolute atomic E-state index is 13.0. The third kappa shape index (κ3) is 7.17. The molecule has 1 fully saturated rings. The van der Waals surface area contributed by atoms with Crippen molar-refractivity contribution >= 4 is 28.5 Å². The van der Waals surface area contributed by atoms with Crippen molar-refractivity contribution < 1.29 is 27.9 Å². The Kier molecular flexibility index (Phi) is 8.87. The number of rotatable bonds is 6. The van der Waals surface area contributed by atoms with Gasteiger partial charge in [0.1, 0.15) is 11.5 Å². The number of carbonyl (C=O) groups excluding carboxylic acids is 1. The van der Waals surface area contributed by atoms with Crippen molar-refractivity contribution in [2.45, 2.75) is 44.9 Å². The van der Waals surface area contributed by atoms with Crippen LogP contribution in [-0.4, -0.2) is 47.3 Å². The Morgan fingerprint density at radius 1 is 1.14 bits per heavy atom. The number of aromatic nitrogens is 1. The maximum atomic E-state index is 13.0. The fourth-order valence-electron chi connectivity index (χ4n) is 3.99. The summed E-state index contributed by atoms with van der Waals surface area (Å²) in [6.45, 7) is 5.84. The van der Waals surface area contributed by atoms with Crippen molar-refractivity contribution in [1.29, 1.82) is 0 Å². The number of aliphatic carboxylic acids is 1. The second kappa shape index (κ2) is 11.9. The summed E-state index contributed by atoms with van der Waals surface area (Å²) < 4.78 is 31.7. The Balaban J connectivity index is 0.000000454. The molecule has 1 aromatic heterocycles. The Hall–Kier alpha value is -3.66. The number of hydrogen-bond donors (Lipinski definition) is 4. The molecule has 1 aliphatic rings. The van der Waals surface area contributed by atoms with Crippen molar-refractivity contribution in [1.82, 2.24) is 15.6 Å². The van der Waals surface area contributed by atoms with E-state index in [-0.39, 0.29) is 11.9 Å². The molecule has 1 saturated heterocycles. The molecule has 1 aliphatic heterocycles. The van der Waals surface area contributed by atoms with Crippen LogP contribution < -0.4 is 16.0 Å². The average molecular weight is 503 g/mol. The van der Waals surface area contributed by atoms with Crippen LogP contribution in [0, 0.1) is 6.92 Å². The van der Waals surface area contributed by atoms with E-state index in [0.717, 1.165) is 35.4 Å². The van der Waals surface area contributed by atoms with Gasteiger partial charge in [-0.25, -0.2) is 9.78 Å². The molecule has 36 heavy (non-hydrogen) atoms. The summed E-state index contributed by atoms with van der Waals surface area (Å²) in [6.07, 6.45) is -2.69. The Morgan fingerprint density at radius 2 is 1.83 bits per heavy atom. The second-order valence-corrected chi connectivity index (χ2v) is 8.60. The number of amides is 1. The van der Waals surface area contributed by atoms with Crippen LogP contribution in [0.3, 0.4) is 0 Å². The molecule has 2 atom stereocenters. The minimum Gasteiger partial charge on any atom is -0.475 e. The first-order valence-electron chi connectivity index (χ1n) is 11.6. The number of anilines is 1. The van der Waals surface area contributed by atoms with Gasteiger partial charge >= 0.3 is 12.1 Å². The summed E-state index contributed by atoms with van der Waals surface area (Å²) in [5, 5.41) is 19.4. The minimum atomic E-state index is -5.08. The van der Waals surface area contributed by atoms with Gasteiger partial charge in [-0.2, -0.15) is 13.2 Å². The first-order valence-corrected chi connectivity index (χ1v) is 11.6. The van der Waals surface area contributed by atoms with E-state index in [2.05, 4.69) is 45.2 Å². The van der Waals surface area contributed by atoms with Gasteiger partial charge in [-0.1, -0.05) is 48.5 Å². The van der Waals surface area contributed by atoms with Crippen LogP contribution in [0.2, 0.25) is 0 Å². The van der Waals surface area contributed by atoms with E-state index in [0.29, 0.717) is 11.7 Å². The van der Waals surface area contributed by atoms with Crippen LogP contribution >= 0.6 is 0 Å². The number of pyridine rings is 1. The molecule has 4 rings (SSSR count). The zero-order valence-electron chi connectivity index (χ0n) is 20.0. The lowest BCUT2D eigenvalue weighted by molar-refractivity contribution is -0.192. The van der Waals surface area contributed by atoms with E-state index in [4.69, 9.17) is 9.90 Å². The number of halogens is 3. The fourth-order valence-corrected chi connectivity index (χ4v) is 3.99. The molecule has 2 aromatic carbocycles. The predicted octanol–water partition coefficient (Wildman–Crippen LogP) is 4.83. The highest BCUT2D eigenvalue weighted by molar-refractivity contribution is 5.95. The van der Waals surface area contributed by atoms with Crippen LogP contribution in [-0.2, 0) is 4.79 Å². The molecular weight excluding hydrogens is 473 g/mol. The molecule has 0 aliphatic carbocycles. The van der Waals surface area contributed by atoms with Crippen LogP contribution in [0.15, 0.2) is 54.6 Å². The van der Waals surface area contributed by atoms with Crippen molar-refractivity contribution in [3.8, 4) is 0 Å². The third-order valence-electron chi connectivity index (χ3n) is 5.88. The molecule has 1 amide bonds. The van der Waals surface area contributed by atoms with Crippen LogP contribution in [0.1, 0.15) is 47.4 Å². The van der Waals surface area contributed by atoms with Crippen LogP contribution in [0.25, 0.3) is 10.8 Å². The number of carboxylic acid groups (broad SMARTS) is 1. The van der Waals surface area contributed by atoms with Gasteiger partial charge in [0.05, 0.1) is 6.04 Å².